The number of carboxylic acid groups (broad SMARTS) is 1. The highest BCUT2D eigenvalue weighted by molar-refractivity contribution is 6.35. The van der Waals surface area contributed by atoms with E-state index >= 15 is 0 Å². The monoisotopic (exact) mass is 258 g/mol. The van der Waals surface area contributed by atoms with E-state index in [4.69, 9.17) is 25.9 Å². The highest BCUT2D eigenvalue weighted by Gasteiger charge is 2.21. The molecule has 0 saturated heterocycles. The number of carboxylic acids is 1. The summed E-state index contributed by atoms with van der Waals surface area (Å²) in [6.07, 6.45) is 0. The molecular formula is C11H8ClFO4. The van der Waals surface area contributed by atoms with Gasteiger partial charge in [-0.05, 0) is 12.1 Å². The van der Waals surface area contributed by atoms with Gasteiger partial charge in [0.25, 0.3) is 0 Å². The van der Waals surface area contributed by atoms with Crippen LogP contribution >= 0.6 is 11.6 Å². The molecule has 0 saturated carbocycles. The summed E-state index contributed by atoms with van der Waals surface area (Å²) >= 11 is 5.78. The first-order valence-electron chi connectivity index (χ1n) is 4.67. The third-order valence-electron chi connectivity index (χ3n) is 2.29. The molecule has 1 aromatic carbocycles. The molecule has 0 aliphatic rings. The van der Waals surface area contributed by atoms with Gasteiger partial charge in [-0.1, -0.05) is 11.6 Å². The molecular weight excluding hydrogens is 251 g/mol. The largest absolute Gasteiger partial charge is 0.475 e. The Morgan fingerprint density at radius 2 is 2.29 bits per heavy atom. The van der Waals surface area contributed by atoms with Gasteiger partial charge in [-0.3, -0.25) is 0 Å². The van der Waals surface area contributed by atoms with Crippen molar-refractivity contribution in [3.8, 4) is 0 Å². The predicted molar refractivity (Wildman–Crippen MR) is 58.9 cm³/mol. The van der Waals surface area contributed by atoms with E-state index in [0.717, 1.165) is 6.07 Å². The number of fused-ring (bicyclic) bond motifs is 1. The molecule has 0 amide bonds. The summed E-state index contributed by atoms with van der Waals surface area (Å²) in [5.41, 5.74) is 0.425. The van der Waals surface area contributed by atoms with Crippen molar-refractivity contribution in [1.29, 1.82) is 0 Å². The fourth-order valence-electron chi connectivity index (χ4n) is 1.63. The van der Waals surface area contributed by atoms with Crippen molar-refractivity contribution in [2.24, 2.45) is 0 Å². The van der Waals surface area contributed by atoms with Gasteiger partial charge >= 0.3 is 5.97 Å². The number of ether oxygens (including phenoxy) is 1. The van der Waals surface area contributed by atoms with Crippen molar-refractivity contribution < 1.29 is 23.4 Å². The summed E-state index contributed by atoms with van der Waals surface area (Å²) in [6.45, 7) is 0.00835. The van der Waals surface area contributed by atoms with Gasteiger partial charge in [-0.25, -0.2) is 9.18 Å². The minimum atomic E-state index is -1.25. The minimum Gasteiger partial charge on any atom is -0.475 e. The smallest absolute Gasteiger partial charge is 0.372 e. The van der Waals surface area contributed by atoms with Crippen LogP contribution in [0.5, 0.6) is 0 Å². The normalized spacial score (nSPS) is 11.0. The van der Waals surface area contributed by atoms with Crippen molar-refractivity contribution in [1.82, 2.24) is 0 Å². The van der Waals surface area contributed by atoms with Crippen LogP contribution in [0.3, 0.4) is 0 Å². The maximum atomic E-state index is 13.2. The first-order valence-corrected chi connectivity index (χ1v) is 5.05. The summed E-state index contributed by atoms with van der Waals surface area (Å²) in [5, 5.41) is 9.31. The zero-order valence-corrected chi connectivity index (χ0v) is 9.55. The SMILES string of the molecule is COCc1c(C(=O)O)oc2c(Cl)cc(F)cc12. The standard InChI is InChI=1S/C11H8ClFO4/c1-16-4-7-6-2-5(13)3-8(12)9(6)17-10(7)11(14)15/h2-3H,4H2,1H3,(H,14,15). The van der Waals surface area contributed by atoms with Crippen LogP contribution in [-0.4, -0.2) is 18.2 Å². The van der Waals surface area contributed by atoms with Crippen molar-refractivity contribution in [2.75, 3.05) is 7.11 Å². The lowest BCUT2D eigenvalue weighted by Gasteiger charge is -1.98. The Bertz CT molecular complexity index is 591. The zero-order chi connectivity index (χ0) is 12.6. The van der Waals surface area contributed by atoms with Crippen LogP contribution in [0.25, 0.3) is 11.0 Å². The highest BCUT2D eigenvalue weighted by atomic mass is 35.5. The van der Waals surface area contributed by atoms with E-state index in [2.05, 4.69) is 0 Å². The molecule has 0 radical (unpaired) electrons. The average molecular weight is 259 g/mol. The van der Waals surface area contributed by atoms with Gasteiger partial charge in [-0.2, -0.15) is 0 Å². The Labute approximate surface area is 101 Å². The zero-order valence-electron chi connectivity index (χ0n) is 8.79. The third-order valence-corrected chi connectivity index (χ3v) is 2.58. The molecule has 6 heteroatoms. The minimum absolute atomic E-state index is 0.00835. The Morgan fingerprint density at radius 1 is 1.59 bits per heavy atom. The summed E-state index contributed by atoms with van der Waals surface area (Å²) in [4.78, 5) is 11.0. The van der Waals surface area contributed by atoms with Crippen molar-refractivity contribution in [2.45, 2.75) is 6.61 Å². The Hall–Kier alpha value is -1.59. The van der Waals surface area contributed by atoms with Gasteiger partial charge in [0.05, 0.1) is 11.6 Å². The van der Waals surface area contributed by atoms with Crippen LogP contribution < -0.4 is 0 Å². The number of rotatable bonds is 3. The maximum absolute atomic E-state index is 13.2. The van der Waals surface area contributed by atoms with E-state index in [-0.39, 0.29) is 28.5 Å². The third kappa shape index (κ3) is 1.99. The Kier molecular flexibility index (Phi) is 3.04. The first kappa shape index (κ1) is 11.9. The predicted octanol–water partition coefficient (Wildman–Crippen LogP) is 3.07. The maximum Gasteiger partial charge on any atom is 0.372 e. The average Bonchev–Trinajstić information content (AvgIpc) is 2.58. The summed E-state index contributed by atoms with van der Waals surface area (Å²) in [6, 6.07) is 2.24. The molecule has 2 aromatic rings. The van der Waals surface area contributed by atoms with E-state index in [9.17, 15) is 9.18 Å². The molecule has 2 rings (SSSR count). The molecule has 1 N–H and O–H groups in total. The summed E-state index contributed by atoms with van der Waals surface area (Å²) < 4.78 is 23.2. The lowest BCUT2D eigenvalue weighted by molar-refractivity contribution is 0.0658. The number of halogens is 2. The van der Waals surface area contributed by atoms with Crippen molar-refractivity contribution in [3.63, 3.8) is 0 Å². The summed E-state index contributed by atoms with van der Waals surface area (Å²) in [5.74, 6) is -2.09. The molecule has 0 atom stereocenters. The molecule has 1 aromatic heterocycles. The lowest BCUT2D eigenvalue weighted by Crippen LogP contribution is -1.99. The van der Waals surface area contributed by atoms with Crippen LogP contribution in [0.4, 0.5) is 4.39 Å². The Balaban J connectivity index is 2.79. The molecule has 4 nitrogen and oxygen atoms in total. The van der Waals surface area contributed by atoms with Gasteiger partial charge in [0.2, 0.25) is 5.76 Å². The number of aromatic carboxylic acids is 1. The number of furan rings is 1. The van der Waals surface area contributed by atoms with Crippen molar-refractivity contribution in [3.05, 3.63) is 34.3 Å². The number of hydrogen-bond acceptors (Lipinski definition) is 3. The molecule has 0 spiro atoms. The van der Waals surface area contributed by atoms with Crippen LogP contribution in [0.1, 0.15) is 16.1 Å². The molecule has 90 valence electrons. The topological polar surface area (TPSA) is 59.7 Å². The Morgan fingerprint density at radius 3 is 2.88 bits per heavy atom. The quantitative estimate of drug-likeness (QED) is 0.919. The summed E-state index contributed by atoms with van der Waals surface area (Å²) in [7, 11) is 1.41. The van der Waals surface area contributed by atoms with E-state index in [1.54, 1.807) is 0 Å². The first-order chi connectivity index (χ1) is 8.04. The van der Waals surface area contributed by atoms with Crippen LogP contribution in [0.15, 0.2) is 16.5 Å². The van der Waals surface area contributed by atoms with Crippen LogP contribution in [0, 0.1) is 5.82 Å². The highest BCUT2D eigenvalue weighted by Crippen LogP contribution is 2.32. The molecule has 0 aliphatic carbocycles. The van der Waals surface area contributed by atoms with Gasteiger partial charge in [-0.15, -0.1) is 0 Å². The molecule has 0 bridgehead atoms. The number of hydrogen-bond donors (Lipinski definition) is 1. The molecule has 0 fully saturated rings. The van der Waals surface area contributed by atoms with E-state index in [0.29, 0.717) is 5.39 Å². The second kappa shape index (κ2) is 4.35. The molecule has 17 heavy (non-hydrogen) atoms. The second-order valence-corrected chi connectivity index (χ2v) is 3.82. The van der Waals surface area contributed by atoms with E-state index < -0.39 is 11.8 Å². The molecule has 0 unspecified atom stereocenters. The molecule has 1 heterocycles. The van der Waals surface area contributed by atoms with Crippen LogP contribution in [0.2, 0.25) is 5.02 Å². The van der Waals surface area contributed by atoms with E-state index in [1.807, 2.05) is 0 Å². The number of methoxy groups -OCH3 is 1. The van der Waals surface area contributed by atoms with Gasteiger partial charge in [0.1, 0.15) is 5.82 Å². The second-order valence-electron chi connectivity index (χ2n) is 3.41. The fraction of sp³-hybridized carbons (Fsp3) is 0.182. The fourth-order valence-corrected chi connectivity index (χ4v) is 1.88. The molecule has 0 aliphatic heterocycles. The van der Waals surface area contributed by atoms with Crippen LogP contribution in [-0.2, 0) is 11.3 Å². The van der Waals surface area contributed by atoms with Gasteiger partial charge < -0.3 is 14.3 Å². The van der Waals surface area contributed by atoms with Gasteiger partial charge in [0.15, 0.2) is 5.58 Å². The van der Waals surface area contributed by atoms with Gasteiger partial charge in [0, 0.05) is 18.1 Å². The lowest BCUT2D eigenvalue weighted by atomic mass is 10.1. The number of benzene rings is 1. The van der Waals surface area contributed by atoms with Crippen molar-refractivity contribution >= 4 is 28.5 Å². The number of carbonyl (C=O) groups is 1. The van der Waals surface area contributed by atoms with E-state index in [1.165, 1.54) is 13.2 Å².